The van der Waals surface area contributed by atoms with E-state index in [1.165, 1.54) is 11.1 Å². The second kappa shape index (κ2) is 7.67. The first-order valence-corrected chi connectivity index (χ1v) is 8.98. The lowest BCUT2D eigenvalue weighted by atomic mass is 10.0. The van der Waals surface area contributed by atoms with E-state index in [1.807, 2.05) is 0 Å². The van der Waals surface area contributed by atoms with Crippen LogP contribution in [0.15, 0.2) is 35.4 Å². The van der Waals surface area contributed by atoms with Gasteiger partial charge in [-0.3, -0.25) is 0 Å². The molecule has 0 aromatic heterocycles. The lowest BCUT2D eigenvalue weighted by Gasteiger charge is -2.41. The van der Waals surface area contributed by atoms with Gasteiger partial charge in [0, 0.05) is 30.8 Å². The number of hydrazone groups is 1. The molecule has 154 valence electrons. The molecule has 2 aliphatic rings. The lowest BCUT2D eigenvalue weighted by Crippen LogP contribution is -2.58. The molecule has 0 spiro atoms. The Labute approximate surface area is 168 Å². The Hall–Kier alpha value is -3.61. The molecule has 2 aliphatic heterocycles. The maximum Gasteiger partial charge on any atom is 0.341 e. The highest BCUT2D eigenvalue weighted by Gasteiger charge is 2.39. The summed E-state index contributed by atoms with van der Waals surface area (Å²) < 4.78 is 59.7. The molecule has 2 aromatic carbocycles. The molecule has 30 heavy (non-hydrogen) atoms. The Morgan fingerprint density at radius 1 is 1.07 bits per heavy atom. The maximum absolute atomic E-state index is 13.8. The van der Waals surface area contributed by atoms with Gasteiger partial charge in [0.25, 0.3) is 0 Å². The van der Waals surface area contributed by atoms with E-state index in [0.717, 1.165) is 29.3 Å². The fraction of sp³-hybridized carbons (Fsp3) is 0.250. The molecule has 0 aliphatic carbocycles. The molecule has 4 rings (SSSR count). The Kier molecular flexibility index (Phi) is 5.03. The minimum atomic E-state index is -0.987. The Bertz CT molecular complexity index is 1060. The van der Waals surface area contributed by atoms with Gasteiger partial charge in [-0.15, -0.1) is 0 Å². The average Bonchev–Trinajstić information content (AvgIpc) is 3.14. The van der Waals surface area contributed by atoms with Crippen molar-refractivity contribution < 1.29 is 27.1 Å². The largest absolute Gasteiger partial charge is 0.484 e. The zero-order chi connectivity index (χ0) is 21.4. The standard InChI is InChI=1S/C20H14F4N4O2/c21-13-3-11(4-14(22)6-13)18-1-2-26-28(18)20(29)27-9-15(10-27)30-19-5-12(8-25)16(23)7-17(19)24/h2-7,15,18H,1,9-10H2. The van der Waals surface area contributed by atoms with Gasteiger partial charge in [-0.25, -0.2) is 27.4 Å². The van der Waals surface area contributed by atoms with Crippen LogP contribution in [0.3, 0.4) is 0 Å². The van der Waals surface area contributed by atoms with Crippen molar-refractivity contribution in [2.45, 2.75) is 18.6 Å². The topological polar surface area (TPSA) is 68.9 Å². The van der Waals surface area contributed by atoms with E-state index < -0.39 is 41.4 Å². The fourth-order valence-corrected chi connectivity index (χ4v) is 3.34. The number of urea groups is 1. The number of carbonyl (C=O) groups excluding carboxylic acids is 1. The Balaban J connectivity index is 1.40. The normalized spacial score (nSPS) is 18.3. The number of carbonyl (C=O) groups is 1. The summed E-state index contributed by atoms with van der Waals surface area (Å²) in [5, 5.41) is 14.0. The number of halogens is 4. The van der Waals surface area contributed by atoms with Gasteiger partial charge in [0.2, 0.25) is 0 Å². The van der Waals surface area contributed by atoms with Crippen molar-refractivity contribution in [3.63, 3.8) is 0 Å². The summed E-state index contributed by atoms with van der Waals surface area (Å²) in [4.78, 5) is 14.1. The van der Waals surface area contributed by atoms with Gasteiger partial charge in [-0.05, 0) is 17.7 Å². The third kappa shape index (κ3) is 3.66. The number of nitrogens with zero attached hydrogens (tertiary/aromatic N) is 4. The molecular formula is C20H14F4N4O2. The molecule has 1 fully saturated rings. The molecule has 0 N–H and O–H groups in total. The van der Waals surface area contributed by atoms with Crippen LogP contribution in [0.4, 0.5) is 22.4 Å². The second-order valence-corrected chi connectivity index (χ2v) is 6.90. The van der Waals surface area contributed by atoms with Crippen LogP contribution in [0, 0.1) is 34.6 Å². The summed E-state index contributed by atoms with van der Waals surface area (Å²) >= 11 is 0. The van der Waals surface area contributed by atoms with Gasteiger partial charge in [-0.1, -0.05) is 0 Å². The molecule has 0 radical (unpaired) electrons. The number of hydrogen-bond acceptors (Lipinski definition) is 4. The highest BCUT2D eigenvalue weighted by Crippen LogP contribution is 2.32. The van der Waals surface area contributed by atoms with Crippen LogP contribution in [0.25, 0.3) is 0 Å². The van der Waals surface area contributed by atoms with E-state index in [1.54, 1.807) is 6.07 Å². The number of benzene rings is 2. The first-order chi connectivity index (χ1) is 14.4. The third-order valence-electron chi connectivity index (χ3n) is 4.85. The van der Waals surface area contributed by atoms with Crippen LogP contribution in [-0.4, -0.2) is 41.3 Å². The molecule has 6 nitrogen and oxygen atoms in total. The first kappa shape index (κ1) is 19.7. The van der Waals surface area contributed by atoms with E-state index in [4.69, 9.17) is 10.00 Å². The molecule has 1 unspecified atom stereocenters. The predicted octanol–water partition coefficient (Wildman–Crippen LogP) is 3.73. The minimum absolute atomic E-state index is 0.105. The number of likely N-dealkylation sites (tertiary alicyclic amines) is 1. The van der Waals surface area contributed by atoms with Crippen molar-refractivity contribution in [2.24, 2.45) is 5.10 Å². The van der Waals surface area contributed by atoms with Gasteiger partial charge in [0.05, 0.1) is 24.7 Å². The van der Waals surface area contributed by atoms with Gasteiger partial charge >= 0.3 is 6.03 Å². The van der Waals surface area contributed by atoms with Crippen LogP contribution < -0.4 is 4.74 Å². The molecule has 0 bridgehead atoms. The van der Waals surface area contributed by atoms with Gasteiger partial charge in [-0.2, -0.15) is 10.4 Å². The summed E-state index contributed by atoms with van der Waals surface area (Å²) in [7, 11) is 0. The summed E-state index contributed by atoms with van der Waals surface area (Å²) in [5.41, 5.74) is -0.0701. The van der Waals surface area contributed by atoms with E-state index in [0.29, 0.717) is 12.5 Å². The number of amides is 2. The molecule has 10 heteroatoms. The lowest BCUT2D eigenvalue weighted by molar-refractivity contribution is 0.0256. The van der Waals surface area contributed by atoms with E-state index in [-0.39, 0.29) is 30.0 Å². The van der Waals surface area contributed by atoms with Crippen LogP contribution >= 0.6 is 0 Å². The van der Waals surface area contributed by atoms with Crippen molar-refractivity contribution in [1.82, 2.24) is 9.91 Å². The summed E-state index contributed by atoms with van der Waals surface area (Å²) in [6.07, 6.45) is 1.23. The summed E-state index contributed by atoms with van der Waals surface area (Å²) in [6.45, 7) is 0.210. The van der Waals surface area contributed by atoms with Crippen molar-refractivity contribution in [3.8, 4) is 11.8 Å². The van der Waals surface area contributed by atoms with Crippen molar-refractivity contribution >= 4 is 12.2 Å². The number of rotatable bonds is 3. The molecule has 2 heterocycles. The Morgan fingerprint density at radius 2 is 1.77 bits per heavy atom. The van der Waals surface area contributed by atoms with Crippen LogP contribution in [0.1, 0.15) is 23.6 Å². The van der Waals surface area contributed by atoms with Gasteiger partial charge in [0.15, 0.2) is 11.6 Å². The van der Waals surface area contributed by atoms with Crippen LogP contribution in [-0.2, 0) is 0 Å². The SMILES string of the molecule is N#Cc1cc(OC2CN(C(=O)N3N=CCC3c3cc(F)cc(F)c3)C2)c(F)cc1F. The third-order valence-corrected chi connectivity index (χ3v) is 4.85. The molecule has 2 aromatic rings. The number of ether oxygens (including phenoxy) is 1. The maximum atomic E-state index is 13.8. The molecule has 0 saturated carbocycles. The molecular weight excluding hydrogens is 404 g/mol. The Morgan fingerprint density at radius 3 is 2.43 bits per heavy atom. The number of hydrogen-bond donors (Lipinski definition) is 0. The van der Waals surface area contributed by atoms with Crippen molar-refractivity contribution in [2.75, 3.05) is 13.1 Å². The van der Waals surface area contributed by atoms with Crippen LogP contribution in [0.2, 0.25) is 0 Å². The molecule has 1 atom stereocenters. The quantitative estimate of drug-likeness (QED) is 0.714. The van der Waals surface area contributed by atoms with Crippen molar-refractivity contribution in [3.05, 3.63) is 64.7 Å². The van der Waals surface area contributed by atoms with E-state index in [9.17, 15) is 22.4 Å². The van der Waals surface area contributed by atoms with E-state index >= 15 is 0 Å². The van der Waals surface area contributed by atoms with Crippen LogP contribution in [0.5, 0.6) is 5.75 Å². The first-order valence-electron chi connectivity index (χ1n) is 8.98. The fourth-order valence-electron chi connectivity index (χ4n) is 3.34. The summed E-state index contributed by atoms with van der Waals surface area (Å²) in [5.74, 6) is -3.72. The van der Waals surface area contributed by atoms with Gasteiger partial charge in [0.1, 0.15) is 29.6 Å². The minimum Gasteiger partial charge on any atom is -0.484 e. The monoisotopic (exact) mass is 418 g/mol. The predicted molar refractivity (Wildman–Crippen MR) is 96.5 cm³/mol. The summed E-state index contributed by atoms with van der Waals surface area (Å²) in [6, 6.07) is 5.04. The smallest absolute Gasteiger partial charge is 0.341 e. The zero-order valence-electron chi connectivity index (χ0n) is 15.4. The highest BCUT2D eigenvalue weighted by molar-refractivity contribution is 5.79. The highest BCUT2D eigenvalue weighted by atomic mass is 19.1. The van der Waals surface area contributed by atoms with Crippen molar-refractivity contribution in [1.29, 1.82) is 5.26 Å². The number of nitriles is 1. The second-order valence-electron chi connectivity index (χ2n) is 6.90. The van der Waals surface area contributed by atoms with E-state index in [2.05, 4.69) is 5.10 Å². The molecule has 2 amide bonds. The zero-order valence-corrected chi connectivity index (χ0v) is 15.4. The molecule has 1 saturated heterocycles. The van der Waals surface area contributed by atoms with Gasteiger partial charge < -0.3 is 9.64 Å². The average molecular weight is 418 g/mol.